The van der Waals surface area contributed by atoms with E-state index >= 15 is 0 Å². The summed E-state index contributed by atoms with van der Waals surface area (Å²) in [5.74, 6) is 0. The Labute approximate surface area is 273 Å². The van der Waals surface area contributed by atoms with Crippen LogP contribution in [0.15, 0.2) is 182 Å². The molecule has 0 saturated heterocycles. The minimum atomic E-state index is 1.01. The number of para-hydroxylation sites is 1. The minimum absolute atomic E-state index is 1.01. The number of aromatic nitrogens is 1. The predicted octanol–water partition coefficient (Wildman–Crippen LogP) is 12.5. The average molecular weight is 599 g/mol. The lowest BCUT2D eigenvalue weighted by Gasteiger charge is -2.26. The fourth-order valence-electron chi connectivity index (χ4n) is 7.09. The molecule has 1 aromatic heterocycles. The monoisotopic (exact) mass is 598 g/mol. The van der Waals surface area contributed by atoms with Crippen molar-refractivity contribution in [3.05, 3.63) is 182 Å². The molecule has 0 atom stereocenters. The van der Waals surface area contributed by atoms with Crippen molar-refractivity contribution in [2.75, 3.05) is 4.90 Å². The summed E-state index contributed by atoms with van der Waals surface area (Å²) >= 11 is 0. The average Bonchev–Trinajstić information content (AvgIpc) is 3.14. The van der Waals surface area contributed by atoms with Gasteiger partial charge in [-0.15, -0.1) is 0 Å². The van der Waals surface area contributed by atoms with Crippen LogP contribution < -0.4 is 4.90 Å². The molecule has 0 aliphatic rings. The Bertz CT molecular complexity index is 2510. The number of nitrogens with zero attached hydrogens (tertiary/aromatic N) is 2. The maximum absolute atomic E-state index is 4.67. The molecule has 1 heterocycles. The summed E-state index contributed by atoms with van der Waals surface area (Å²) in [6.07, 6.45) is 1.87. The van der Waals surface area contributed by atoms with Crippen LogP contribution in [-0.2, 0) is 0 Å². The van der Waals surface area contributed by atoms with Crippen molar-refractivity contribution in [3.8, 4) is 22.3 Å². The minimum Gasteiger partial charge on any atom is -0.310 e. The summed E-state index contributed by atoms with van der Waals surface area (Å²) in [4.78, 5) is 7.01. The van der Waals surface area contributed by atoms with Crippen molar-refractivity contribution in [1.29, 1.82) is 0 Å². The van der Waals surface area contributed by atoms with E-state index in [2.05, 4.69) is 180 Å². The molecule has 47 heavy (non-hydrogen) atoms. The lowest BCUT2D eigenvalue weighted by atomic mass is 9.86. The third kappa shape index (κ3) is 4.70. The summed E-state index contributed by atoms with van der Waals surface area (Å²) in [7, 11) is 0. The summed E-state index contributed by atoms with van der Waals surface area (Å²) in [5.41, 5.74) is 9.25. The van der Waals surface area contributed by atoms with E-state index in [1.54, 1.807) is 0 Å². The zero-order valence-electron chi connectivity index (χ0n) is 25.7. The number of hydrogen-bond acceptors (Lipinski definition) is 2. The molecule has 0 amide bonds. The summed E-state index contributed by atoms with van der Waals surface area (Å²) in [6, 6.07) is 63.3. The summed E-state index contributed by atoms with van der Waals surface area (Å²) in [6.45, 7) is 0. The number of fused-ring (bicyclic) bond motifs is 4. The third-order valence-electron chi connectivity index (χ3n) is 9.25. The Hall–Kier alpha value is -6.25. The molecule has 0 spiro atoms. The van der Waals surface area contributed by atoms with E-state index in [1.807, 2.05) is 12.3 Å². The second-order valence-corrected chi connectivity index (χ2v) is 12.0. The lowest BCUT2D eigenvalue weighted by Crippen LogP contribution is -2.09. The van der Waals surface area contributed by atoms with Crippen LogP contribution in [0.5, 0.6) is 0 Å². The molecular weight excluding hydrogens is 569 g/mol. The second kappa shape index (κ2) is 11.3. The van der Waals surface area contributed by atoms with Gasteiger partial charge in [-0.25, -0.2) is 0 Å². The van der Waals surface area contributed by atoms with E-state index in [9.17, 15) is 0 Å². The van der Waals surface area contributed by atoms with Gasteiger partial charge in [-0.2, -0.15) is 0 Å². The first kappa shape index (κ1) is 27.1. The first-order chi connectivity index (χ1) is 23.3. The Morgan fingerprint density at radius 1 is 0.340 bits per heavy atom. The van der Waals surface area contributed by atoms with E-state index in [0.29, 0.717) is 0 Å². The topological polar surface area (TPSA) is 16.1 Å². The van der Waals surface area contributed by atoms with Gasteiger partial charge in [0.15, 0.2) is 0 Å². The number of benzene rings is 8. The largest absolute Gasteiger partial charge is 0.310 e. The third-order valence-corrected chi connectivity index (χ3v) is 9.25. The van der Waals surface area contributed by atoms with Gasteiger partial charge in [0.25, 0.3) is 0 Å². The maximum atomic E-state index is 4.67. The van der Waals surface area contributed by atoms with Crippen molar-refractivity contribution in [2.45, 2.75) is 0 Å². The molecule has 0 radical (unpaired) electrons. The standard InChI is InChI=1S/C45H30N2/c1-2-14-36(15-3-1)47(38-27-22-31-11-4-5-12-34(31)29-38)37-25-23-33(24-26-37)44-39-16-6-8-18-41(39)45(42-19-9-7-17-40(42)44)35-21-20-32-13-10-28-46-43(32)30-35/h1-30H. The first-order valence-corrected chi connectivity index (χ1v) is 16.0. The number of anilines is 3. The van der Waals surface area contributed by atoms with Gasteiger partial charge in [-0.1, -0.05) is 127 Å². The van der Waals surface area contributed by atoms with Gasteiger partial charge in [0, 0.05) is 28.6 Å². The van der Waals surface area contributed by atoms with Gasteiger partial charge in [-0.05, 0) is 103 Å². The highest BCUT2D eigenvalue weighted by atomic mass is 15.1. The van der Waals surface area contributed by atoms with Crippen LogP contribution in [0.25, 0.3) is 65.5 Å². The summed E-state index contributed by atoms with van der Waals surface area (Å²) < 4.78 is 0. The van der Waals surface area contributed by atoms with Crippen LogP contribution in [0.1, 0.15) is 0 Å². The molecular formula is C45H30N2. The lowest BCUT2D eigenvalue weighted by molar-refractivity contribution is 1.29. The van der Waals surface area contributed by atoms with Crippen molar-refractivity contribution >= 4 is 60.3 Å². The van der Waals surface area contributed by atoms with Crippen molar-refractivity contribution in [1.82, 2.24) is 4.98 Å². The molecule has 2 heteroatoms. The first-order valence-electron chi connectivity index (χ1n) is 16.0. The van der Waals surface area contributed by atoms with Crippen LogP contribution in [0, 0.1) is 0 Å². The molecule has 0 saturated carbocycles. The van der Waals surface area contributed by atoms with Gasteiger partial charge in [-0.3, -0.25) is 4.98 Å². The Morgan fingerprint density at radius 2 is 0.851 bits per heavy atom. The summed E-state index contributed by atoms with van der Waals surface area (Å²) in [5, 5.41) is 8.57. The van der Waals surface area contributed by atoms with Gasteiger partial charge < -0.3 is 4.90 Å². The van der Waals surface area contributed by atoms with Crippen molar-refractivity contribution < 1.29 is 0 Å². The normalized spacial score (nSPS) is 11.4. The van der Waals surface area contributed by atoms with Crippen LogP contribution in [0.2, 0.25) is 0 Å². The van der Waals surface area contributed by atoms with Crippen LogP contribution in [0.3, 0.4) is 0 Å². The quantitative estimate of drug-likeness (QED) is 0.183. The van der Waals surface area contributed by atoms with Gasteiger partial charge in [0.2, 0.25) is 0 Å². The zero-order valence-corrected chi connectivity index (χ0v) is 25.7. The predicted molar refractivity (Wildman–Crippen MR) is 200 cm³/mol. The van der Waals surface area contributed by atoms with E-state index in [4.69, 9.17) is 0 Å². The fourth-order valence-corrected chi connectivity index (χ4v) is 7.09. The van der Waals surface area contributed by atoms with Crippen LogP contribution in [-0.4, -0.2) is 4.98 Å². The molecule has 2 nitrogen and oxygen atoms in total. The molecule has 9 rings (SSSR count). The zero-order chi connectivity index (χ0) is 31.2. The fraction of sp³-hybridized carbons (Fsp3) is 0. The number of rotatable bonds is 5. The Kier molecular flexibility index (Phi) is 6.50. The maximum Gasteiger partial charge on any atom is 0.0708 e. The molecule has 9 aromatic rings. The van der Waals surface area contributed by atoms with E-state index in [-0.39, 0.29) is 0 Å². The van der Waals surface area contributed by atoms with Gasteiger partial charge in [0.05, 0.1) is 5.52 Å². The Morgan fingerprint density at radius 3 is 1.55 bits per heavy atom. The highest BCUT2D eigenvalue weighted by Gasteiger charge is 2.18. The van der Waals surface area contributed by atoms with Crippen molar-refractivity contribution in [3.63, 3.8) is 0 Å². The molecule has 0 unspecified atom stereocenters. The van der Waals surface area contributed by atoms with Crippen molar-refractivity contribution in [2.24, 2.45) is 0 Å². The smallest absolute Gasteiger partial charge is 0.0708 e. The van der Waals surface area contributed by atoms with E-state index < -0.39 is 0 Å². The SMILES string of the molecule is c1ccc(N(c2ccc(-c3c4ccccc4c(-c4ccc5cccnc5c4)c4ccccc34)cc2)c2ccc3ccccc3c2)cc1. The van der Waals surface area contributed by atoms with E-state index in [0.717, 1.165) is 28.0 Å². The molecule has 0 bridgehead atoms. The van der Waals surface area contributed by atoms with Gasteiger partial charge >= 0.3 is 0 Å². The Balaban J connectivity index is 1.22. The molecule has 0 aliphatic carbocycles. The van der Waals surface area contributed by atoms with Crippen LogP contribution in [0.4, 0.5) is 17.1 Å². The van der Waals surface area contributed by atoms with E-state index in [1.165, 1.54) is 54.6 Å². The molecule has 0 N–H and O–H groups in total. The molecule has 8 aromatic carbocycles. The molecule has 0 fully saturated rings. The molecule has 220 valence electrons. The highest BCUT2D eigenvalue weighted by Crippen LogP contribution is 2.45. The highest BCUT2D eigenvalue weighted by molar-refractivity contribution is 6.21. The van der Waals surface area contributed by atoms with Gasteiger partial charge in [0.1, 0.15) is 0 Å². The van der Waals surface area contributed by atoms with Crippen LogP contribution >= 0.6 is 0 Å². The second-order valence-electron chi connectivity index (χ2n) is 12.0. The number of pyridine rings is 1. The molecule has 0 aliphatic heterocycles. The number of hydrogen-bond donors (Lipinski definition) is 0.